The van der Waals surface area contributed by atoms with Gasteiger partial charge in [-0.3, -0.25) is 4.79 Å². The van der Waals surface area contributed by atoms with Crippen LogP contribution in [-0.2, 0) is 4.79 Å². The lowest BCUT2D eigenvalue weighted by Crippen LogP contribution is -2.21. The summed E-state index contributed by atoms with van der Waals surface area (Å²) in [5, 5.41) is 0. The Hall–Kier alpha value is -1.62. The molecule has 0 fully saturated rings. The molecule has 4 nitrogen and oxygen atoms in total. The molecule has 0 saturated heterocycles. The molecule has 1 aromatic rings. The molecular weight excluding hydrogens is 247 g/mol. The van der Waals surface area contributed by atoms with Crippen molar-refractivity contribution in [3.05, 3.63) is 29.6 Å². The maximum atomic E-state index is 13.1. The van der Waals surface area contributed by atoms with Crippen LogP contribution >= 0.6 is 0 Å². The summed E-state index contributed by atoms with van der Waals surface area (Å²) in [6.07, 6.45) is 1.05. The minimum atomic E-state index is -0.331. The summed E-state index contributed by atoms with van der Waals surface area (Å²) in [5.74, 6) is 0.311. The molecule has 0 spiro atoms. The van der Waals surface area contributed by atoms with Crippen LogP contribution in [0.15, 0.2) is 18.2 Å². The topological polar surface area (TPSA) is 55.6 Å². The second-order valence-corrected chi connectivity index (χ2v) is 4.71. The van der Waals surface area contributed by atoms with E-state index in [2.05, 4.69) is 0 Å². The molecule has 2 N–H and O–H groups in total. The Morgan fingerprint density at radius 3 is 2.74 bits per heavy atom. The molecule has 0 saturated carbocycles. The van der Waals surface area contributed by atoms with Crippen LogP contribution < -0.4 is 10.5 Å². The second kappa shape index (κ2) is 7.09. The molecule has 1 unspecified atom stereocenters. The number of ether oxygens (including phenoxy) is 1. The molecule has 106 valence electrons. The highest BCUT2D eigenvalue weighted by Gasteiger charge is 2.10. The number of nitrogens with zero attached hydrogens (tertiary/aromatic N) is 1. The van der Waals surface area contributed by atoms with Crippen LogP contribution in [0.4, 0.5) is 4.39 Å². The van der Waals surface area contributed by atoms with E-state index in [1.54, 1.807) is 32.0 Å². The smallest absolute Gasteiger partial charge is 0.222 e. The number of benzene rings is 1. The number of rotatable bonds is 6. The third-order valence-corrected chi connectivity index (χ3v) is 2.75. The monoisotopic (exact) mass is 268 g/mol. The number of carbonyl (C=O) groups is 1. The van der Waals surface area contributed by atoms with Gasteiger partial charge in [0, 0.05) is 32.1 Å². The van der Waals surface area contributed by atoms with Crippen LogP contribution in [0.2, 0.25) is 0 Å². The molecule has 1 atom stereocenters. The van der Waals surface area contributed by atoms with Crippen molar-refractivity contribution in [1.82, 2.24) is 4.90 Å². The Balaban J connectivity index is 2.52. The number of carbonyl (C=O) groups excluding carboxylic acids is 1. The Labute approximate surface area is 113 Å². The lowest BCUT2D eigenvalue weighted by atomic mass is 10.1. The maximum Gasteiger partial charge on any atom is 0.222 e. The Kier molecular flexibility index (Phi) is 5.76. The number of nitrogens with two attached hydrogens (primary N) is 1. The fourth-order valence-electron chi connectivity index (χ4n) is 1.64. The highest BCUT2D eigenvalue weighted by atomic mass is 19.1. The minimum absolute atomic E-state index is 0.0649. The predicted octanol–water partition coefficient (Wildman–Crippen LogP) is 2.09. The lowest BCUT2D eigenvalue weighted by Gasteiger charge is -2.14. The van der Waals surface area contributed by atoms with Crippen molar-refractivity contribution in [3.8, 4) is 5.75 Å². The van der Waals surface area contributed by atoms with Gasteiger partial charge in [-0.1, -0.05) is 0 Å². The SMILES string of the molecule is CC(N)c1cc(F)ccc1OCCCC(=O)N(C)C. The summed E-state index contributed by atoms with van der Waals surface area (Å²) in [4.78, 5) is 12.9. The molecule has 5 heteroatoms. The van der Waals surface area contributed by atoms with E-state index in [1.165, 1.54) is 12.1 Å². The Morgan fingerprint density at radius 2 is 2.16 bits per heavy atom. The van der Waals surface area contributed by atoms with Gasteiger partial charge in [0.25, 0.3) is 0 Å². The molecule has 1 amide bonds. The third-order valence-electron chi connectivity index (χ3n) is 2.75. The number of amides is 1. The average molecular weight is 268 g/mol. The Bertz CT molecular complexity index is 433. The molecule has 19 heavy (non-hydrogen) atoms. The molecule has 0 aliphatic heterocycles. The normalized spacial score (nSPS) is 12.1. The quantitative estimate of drug-likeness (QED) is 0.804. The number of halogens is 1. The first kappa shape index (κ1) is 15.4. The summed E-state index contributed by atoms with van der Waals surface area (Å²) in [5.41, 5.74) is 6.41. The van der Waals surface area contributed by atoms with Crippen molar-refractivity contribution >= 4 is 5.91 Å². The fourth-order valence-corrected chi connectivity index (χ4v) is 1.64. The van der Waals surface area contributed by atoms with Gasteiger partial charge in [-0.2, -0.15) is 0 Å². The summed E-state index contributed by atoms with van der Waals surface area (Å²) in [6.45, 7) is 2.18. The number of hydrogen-bond acceptors (Lipinski definition) is 3. The first-order valence-electron chi connectivity index (χ1n) is 6.29. The van der Waals surface area contributed by atoms with Gasteiger partial charge < -0.3 is 15.4 Å². The van der Waals surface area contributed by atoms with Crippen LogP contribution in [0.25, 0.3) is 0 Å². The van der Waals surface area contributed by atoms with E-state index < -0.39 is 0 Å². The van der Waals surface area contributed by atoms with E-state index in [0.717, 1.165) is 0 Å². The molecule has 0 aromatic heterocycles. The Morgan fingerprint density at radius 1 is 1.47 bits per heavy atom. The standard InChI is InChI=1S/C14H21FN2O2/c1-10(16)12-9-11(15)6-7-13(12)19-8-4-5-14(18)17(2)3/h6-7,9-10H,4-5,8,16H2,1-3H3. The van der Waals surface area contributed by atoms with Gasteiger partial charge in [0.2, 0.25) is 5.91 Å². The van der Waals surface area contributed by atoms with E-state index in [1.807, 2.05) is 0 Å². The van der Waals surface area contributed by atoms with E-state index in [4.69, 9.17) is 10.5 Å². The molecule has 1 aromatic carbocycles. The largest absolute Gasteiger partial charge is 0.493 e. The van der Waals surface area contributed by atoms with Gasteiger partial charge >= 0.3 is 0 Å². The highest BCUT2D eigenvalue weighted by Crippen LogP contribution is 2.24. The van der Waals surface area contributed by atoms with Gasteiger partial charge in [-0.15, -0.1) is 0 Å². The molecule has 0 aliphatic carbocycles. The molecule has 0 aliphatic rings. The zero-order valence-corrected chi connectivity index (χ0v) is 11.6. The van der Waals surface area contributed by atoms with Gasteiger partial charge in [0.15, 0.2) is 0 Å². The predicted molar refractivity (Wildman–Crippen MR) is 72.4 cm³/mol. The van der Waals surface area contributed by atoms with Crippen molar-refractivity contribution < 1.29 is 13.9 Å². The molecule has 0 bridgehead atoms. The van der Waals surface area contributed by atoms with Gasteiger partial charge in [-0.05, 0) is 31.5 Å². The molecule has 1 rings (SSSR count). The summed E-state index contributed by atoms with van der Waals surface area (Å²) in [6, 6.07) is 3.99. The van der Waals surface area contributed by atoms with Crippen LogP contribution in [0.5, 0.6) is 5.75 Å². The van der Waals surface area contributed by atoms with Crippen LogP contribution in [0.3, 0.4) is 0 Å². The van der Waals surface area contributed by atoms with Crippen molar-refractivity contribution in [2.75, 3.05) is 20.7 Å². The first-order valence-corrected chi connectivity index (χ1v) is 6.29. The lowest BCUT2D eigenvalue weighted by molar-refractivity contribution is -0.128. The van der Waals surface area contributed by atoms with E-state index in [9.17, 15) is 9.18 Å². The van der Waals surface area contributed by atoms with Gasteiger partial charge in [-0.25, -0.2) is 4.39 Å². The van der Waals surface area contributed by atoms with Gasteiger partial charge in [0.1, 0.15) is 11.6 Å². The van der Waals surface area contributed by atoms with Crippen molar-refractivity contribution in [1.29, 1.82) is 0 Å². The number of hydrogen-bond donors (Lipinski definition) is 1. The van der Waals surface area contributed by atoms with Crippen molar-refractivity contribution in [2.24, 2.45) is 5.73 Å². The highest BCUT2D eigenvalue weighted by molar-refractivity contribution is 5.75. The molecule has 0 radical (unpaired) electrons. The van der Waals surface area contributed by atoms with E-state index in [0.29, 0.717) is 30.8 Å². The van der Waals surface area contributed by atoms with Crippen LogP contribution in [-0.4, -0.2) is 31.5 Å². The minimum Gasteiger partial charge on any atom is -0.493 e. The van der Waals surface area contributed by atoms with Gasteiger partial charge in [0.05, 0.1) is 6.61 Å². The average Bonchev–Trinajstić information content (AvgIpc) is 2.35. The van der Waals surface area contributed by atoms with E-state index >= 15 is 0 Å². The summed E-state index contributed by atoms with van der Waals surface area (Å²) >= 11 is 0. The zero-order chi connectivity index (χ0) is 14.4. The molecule has 0 heterocycles. The first-order chi connectivity index (χ1) is 8.91. The molecular formula is C14H21FN2O2. The fraction of sp³-hybridized carbons (Fsp3) is 0.500. The van der Waals surface area contributed by atoms with Crippen LogP contribution in [0.1, 0.15) is 31.4 Å². The van der Waals surface area contributed by atoms with E-state index in [-0.39, 0.29) is 17.8 Å². The second-order valence-electron chi connectivity index (χ2n) is 4.71. The third kappa shape index (κ3) is 4.87. The zero-order valence-electron chi connectivity index (χ0n) is 11.6. The van der Waals surface area contributed by atoms with Crippen LogP contribution in [0, 0.1) is 5.82 Å². The summed E-state index contributed by atoms with van der Waals surface area (Å²) in [7, 11) is 3.44. The maximum absolute atomic E-state index is 13.1. The van der Waals surface area contributed by atoms with Crippen molar-refractivity contribution in [2.45, 2.75) is 25.8 Å². The summed E-state index contributed by atoms with van der Waals surface area (Å²) < 4.78 is 18.7. The van der Waals surface area contributed by atoms with Crippen molar-refractivity contribution in [3.63, 3.8) is 0 Å².